The third-order valence-electron chi connectivity index (χ3n) is 2.68. The van der Waals surface area contributed by atoms with Crippen molar-refractivity contribution in [2.45, 2.75) is 19.3 Å². The summed E-state index contributed by atoms with van der Waals surface area (Å²) in [5, 5.41) is 12.4. The quantitative estimate of drug-likeness (QED) is 0.757. The van der Waals surface area contributed by atoms with Crippen LogP contribution in [-0.2, 0) is 9.47 Å². The molecule has 1 atom stereocenters. The molecule has 0 radical (unpaired) electrons. The number of hydrogen-bond acceptors (Lipinski definition) is 5. The SMILES string of the molecule is COc1ccc(C(=O)NC(C)C(OC)OC)c(O)c1. The normalized spacial score (nSPS) is 12.3. The smallest absolute Gasteiger partial charge is 0.255 e. The van der Waals surface area contributed by atoms with Crippen LogP contribution in [0.3, 0.4) is 0 Å². The van der Waals surface area contributed by atoms with Crippen LogP contribution < -0.4 is 10.1 Å². The molecule has 19 heavy (non-hydrogen) atoms. The molecule has 106 valence electrons. The van der Waals surface area contributed by atoms with E-state index in [1.54, 1.807) is 13.0 Å². The van der Waals surface area contributed by atoms with E-state index in [4.69, 9.17) is 14.2 Å². The van der Waals surface area contributed by atoms with Gasteiger partial charge in [0, 0.05) is 20.3 Å². The van der Waals surface area contributed by atoms with Crippen LogP contribution >= 0.6 is 0 Å². The van der Waals surface area contributed by atoms with Gasteiger partial charge >= 0.3 is 0 Å². The highest BCUT2D eigenvalue weighted by Crippen LogP contribution is 2.23. The molecule has 0 saturated carbocycles. The first-order valence-corrected chi connectivity index (χ1v) is 5.77. The lowest BCUT2D eigenvalue weighted by Crippen LogP contribution is -2.42. The molecule has 0 spiro atoms. The zero-order chi connectivity index (χ0) is 14.4. The Morgan fingerprint density at radius 2 is 1.89 bits per heavy atom. The molecule has 2 N–H and O–H groups in total. The third kappa shape index (κ3) is 3.84. The van der Waals surface area contributed by atoms with Crippen LogP contribution in [0.2, 0.25) is 0 Å². The Morgan fingerprint density at radius 1 is 1.26 bits per heavy atom. The third-order valence-corrected chi connectivity index (χ3v) is 2.68. The molecule has 0 aliphatic carbocycles. The number of carbonyl (C=O) groups excluding carboxylic acids is 1. The predicted molar refractivity (Wildman–Crippen MR) is 69.4 cm³/mol. The van der Waals surface area contributed by atoms with E-state index in [0.717, 1.165) is 0 Å². The minimum absolute atomic E-state index is 0.143. The van der Waals surface area contributed by atoms with Crippen LogP contribution in [0.5, 0.6) is 11.5 Å². The molecule has 6 nitrogen and oxygen atoms in total. The van der Waals surface area contributed by atoms with Crippen molar-refractivity contribution in [1.82, 2.24) is 5.32 Å². The van der Waals surface area contributed by atoms with Gasteiger partial charge in [-0.1, -0.05) is 0 Å². The lowest BCUT2D eigenvalue weighted by molar-refractivity contribution is -0.117. The highest BCUT2D eigenvalue weighted by atomic mass is 16.7. The van der Waals surface area contributed by atoms with Crippen molar-refractivity contribution in [3.8, 4) is 11.5 Å². The van der Waals surface area contributed by atoms with E-state index < -0.39 is 12.2 Å². The highest BCUT2D eigenvalue weighted by molar-refractivity contribution is 5.97. The maximum atomic E-state index is 12.0. The topological polar surface area (TPSA) is 77.0 Å². The number of nitrogens with one attached hydrogen (secondary N) is 1. The van der Waals surface area contributed by atoms with Gasteiger partial charge in [-0.05, 0) is 19.1 Å². The fraction of sp³-hybridized carbons (Fsp3) is 0.462. The number of benzene rings is 1. The number of hydrogen-bond donors (Lipinski definition) is 2. The molecule has 0 aromatic heterocycles. The molecule has 0 bridgehead atoms. The molecule has 1 aromatic carbocycles. The molecule has 0 fully saturated rings. The zero-order valence-electron chi connectivity index (χ0n) is 11.5. The van der Waals surface area contributed by atoms with Gasteiger partial charge in [0.2, 0.25) is 0 Å². The van der Waals surface area contributed by atoms with Crippen molar-refractivity contribution in [1.29, 1.82) is 0 Å². The minimum Gasteiger partial charge on any atom is -0.507 e. The summed E-state index contributed by atoms with van der Waals surface area (Å²) in [4.78, 5) is 12.0. The summed E-state index contributed by atoms with van der Waals surface area (Å²) in [7, 11) is 4.46. The summed E-state index contributed by atoms with van der Waals surface area (Å²) < 4.78 is 15.0. The molecular formula is C13H19NO5. The second-order valence-corrected chi connectivity index (χ2v) is 3.99. The number of phenolic OH excluding ortho intramolecular Hbond substituents is 1. The van der Waals surface area contributed by atoms with E-state index in [1.165, 1.54) is 33.5 Å². The summed E-state index contributed by atoms with van der Waals surface area (Å²) in [5.41, 5.74) is 0.165. The van der Waals surface area contributed by atoms with E-state index >= 15 is 0 Å². The molecule has 0 heterocycles. The summed E-state index contributed by atoms with van der Waals surface area (Å²) in [6.45, 7) is 1.75. The number of rotatable bonds is 6. The first-order valence-electron chi connectivity index (χ1n) is 5.77. The molecular weight excluding hydrogens is 250 g/mol. The van der Waals surface area contributed by atoms with Crippen LogP contribution in [0.25, 0.3) is 0 Å². The number of phenols is 1. The van der Waals surface area contributed by atoms with Crippen LogP contribution in [0.4, 0.5) is 0 Å². The van der Waals surface area contributed by atoms with Gasteiger partial charge in [-0.3, -0.25) is 4.79 Å². The highest BCUT2D eigenvalue weighted by Gasteiger charge is 2.20. The number of carbonyl (C=O) groups is 1. The molecule has 1 rings (SSSR count). The van der Waals surface area contributed by atoms with E-state index in [2.05, 4.69) is 5.32 Å². The Labute approximate surface area is 112 Å². The second-order valence-electron chi connectivity index (χ2n) is 3.99. The van der Waals surface area contributed by atoms with Gasteiger partial charge in [0.15, 0.2) is 6.29 Å². The maximum Gasteiger partial charge on any atom is 0.255 e. The predicted octanol–water partition coefficient (Wildman–Crippen LogP) is 1.14. The number of amides is 1. The van der Waals surface area contributed by atoms with Crippen molar-refractivity contribution in [2.24, 2.45) is 0 Å². The van der Waals surface area contributed by atoms with Crippen LogP contribution in [-0.4, -0.2) is 44.7 Å². The fourth-order valence-electron chi connectivity index (χ4n) is 1.69. The Balaban J connectivity index is 2.78. The lowest BCUT2D eigenvalue weighted by atomic mass is 10.1. The van der Waals surface area contributed by atoms with E-state index in [0.29, 0.717) is 5.75 Å². The number of aromatic hydroxyl groups is 1. The molecule has 0 aliphatic rings. The summed E-state index contributed by atoms with van der Waals surface area (Å²) >= 11 is 0. The van der Waals surface area contributed by atoms with Crippen LogP contribution in [0.15, 0.2) is 18.2 Å². The number of methoxy groups -OCH3 is 3. The summed E-state index contributed by atoms with van der Waals surface area (Å²) in [6, 6.07) is 4.11. The zero-order valence-corrected chi connectivity index (χ0v) is 11.5. The van der Waals surface area contributed by atoms with Crippen LogP contribution in [0, 0.1) is 0 Å². The summed E-state index contributed by atoms with van der Waals surface area (Å²) in [5.74, 6) is -0.0732. The molecule has 1 aromatic rings. The second kappa shape index (κ2) is 6.96. The van der Waals surface area contributed by atoms with Gasteiger partial charge in [0.05, 0.1) is 18.7 Å². The van der Waals surface area contributed by atoms with Crippen LogP contribution in [0.1, 0.15) is 17.3 Å². The summed E-state index contributed by atoms with van der Waals surface area (Å²) in [6.07, 6.45) is -0.552. The van der Waals surface area contributed by atoms with Crippen molar-refractivity contribution < 1.29 is 24.1 Å². The van der Waals surface area contributed by atoms with Crippen molar-refractivity contribution in [2.75, 3.05) is 21.3 Å². The van der Waals surface area contributed by atoms with Gasteiger partial charge in [-0.2, -0.15) is 0 Å². The monoisotopic (exact) mass is 269 g/mol. The Bertz CT molecular complexity index is 431. The minimum atomic E-state index is -0.552. The van der Waals surface area contributed by atoms with Gasteiger partial charge in [-0.15, -0.1) is 0 Å². The number of ether oxygens (including phenoxy) is 3. The van der Waals surface area contributed by atoms with Gasteiger partial charge in [-0.25, -0.2) is 0 Å². The Morgan fingerprint density at radius 3 is 2.37 bits per heavy atom. The van der Waals surface area contributed by atoms with E-state index in [9.17, 15) is 9.90 Å². The average Bonchev–Trinajstić information content (AvgIpc) is 2.39. The van der Waals surface area contributed by atoms with E-state index in [1.807, 2.05) is 0 Å². The molecule has 1 unspecified atom stereocenters. The Hall–Kier alpha value is -1.79. The molecule has 0 saturated heterocycles. The molecule has 6 heteroatoms. The van der Waals surface area contributed by atoms with E-state index in [-0.39, 0.29) is 17.4 Å². The first-order chi connectivity index (χ1) is 9.03. The van der Waals surface area contributed by atoms with Crippen molar-refractivity contribution >= 4 is 5.91 Å². The van der Waals surface area contributed by atoms with Crippen molar-refractivity contribution in [3.05, 3.63) is 23.8 Å². The maximum absolute atomic E-state index is 12.0. The average molecular weight is 269 g/mol. The lowest BCUT2D eigenvalue weighted by Gasteiger charge is -2.22. The van der Waals surface area contributed by atoms with Gasteiger partial charge in [0.1, 0.15) is 11.5 Å². The molecule has 1 amide bonds. The standard InChI is InChI=1S/C13H19NO5/c1-8(13(18-3)19-4)14-12(16)10-6-5-9(17-2)7-11(10)15/h5-8,13,15H,1-4H3,(H,14,16). The first kappa shape index (κ1) is 15.3. The Kier molecular flexibility index (Phi) is 5.59. The van der Waals surface area contributed by atoms with Gasteiger partial charge < -0.3 is 24.6 Å². The van der Waals surface area contributed by atoms with Crippen molar-refractivity contribution in [3.63, 3.8) is 0 Å². The molecule has 0 aliphatic heterocycles. The van der Waals surface area contributed by atoms with Gasteiger partial charge in [0.25, 0.3) is 5.91 Å². The fourth-order valence-corrected chi connectivity index (χ4v) is 1.69. The largest absolute Gasteiger partial charge is 0.507 e.